The van der Waals surface area contributed by atoms with Crippen LogP contribution in [0, 0.1) is 18.3 Å². The number of carbonyl (C=O) groups is 1. The van der Waals surface area contributed by atoms with Crippen molar-refractivity contribution in [3.05, 3.63) is 34.3 Å². The number of rotatable bonds is 4. The lowest BCUT2D eigenvalue weighted by Gasteiger charge is -2.18. The summed E-state index contributed by atoms with van der Waals surface area (Å²) in [6.45, 7) is 2.11. The van der Waals surface area contributed by atoms with Crippen molar-refractivity contribution in [1.82, 2.24) is 4.98 Å². The zero-order chi connectivity index (χ0) is 19.1. The third kappa shape index (κ3) is 3.17. The molecule has 0 saturated carbocycles. The number of aromatic carboxylic acids is 1. The van der Waals surface area contributed by atoms with E-state index in [9.17, 15) is 20.3 Å². The minimum absolute atomic E-state index is 0.176. The van der Waals surface area contributed by atoms with Crippen LogP contribution in [-0.4, -0.2) is 58.8 Å². The Balaban J connectivity index is 1.58. The lowest BCUT2D eigenvalue weighted by Crippen LogP contribution is -2.34. The third-order valence-electron chi connectivity index (χ3n) is 4.60. The van der Waals surface area contributed by atoms with Gasteiger partial charge in [0, 0.05) is 5.56 Å². The highest BCUT2D eigenvalue weighted by Crippen LogP contribution is 2.34. The van der Waals surface area contributed by atoms with Gasteiger partial charge in [0.05, 0.1) is 24.5 Å². The number of ether oxygens (including phenoxy) is 3. The Morgan fingerprint density at radius 1 is 1.37 bits per heavy atom. The summed E-state index contributed by atoms with van der Waals surface area (Å²) in [4.78, 5) is 15.7. The van der Waals surface area contributed by atoms with Crippen LogP contribution in [0.4, 0.5) is 0 Å². The third-order valence-corrected chi connectivity index (χ3v) is 5.79. The number of aliphatic hydroxyl groups is 1. The van der Waals surface area contributed by atoms with Gasteiger partial charge in [0.2, 0.25) is 0 Å². The number of carboxylic acids is 1. The number of nitriles is 1. The summed E-state index contributed by atoms with van der Waals surface area (Å²) in [7, 11) is 0. The van der Waals surface area contributed by atoms with E-state index in [1.54, 1.807) is 25.1 Å². The van der Waals surface area contributed by atoms with E-state index < -0.39 is 24.3 Å². The molecule has 2 saturated heterocycles. The second-order valence-electron chi connectivity index (χ2n) is 6.38. The van der Waals surface area contributed by atoms with E-state index in [0.717, 1.165) is 11.3 Å². The van der Waals surface area contributed by atoms with Crippen LogP contribution < -0.4 is 4.74 Å². The predicted molar refractivity (Wildman–Crippen MR) is 93.9 cm³/mol. The number of hydrogen-bond donors (Lipinski definition) is 2. The molecule has 140 valence electrons. The van der Waals surface area contributed by atoms with Crippen LogP contribution in [0.15, 0.2) is 18.2 Å². The molecule has 9 heteroatoms. The molecule has 2 N–H and O–H groups in total. The number of aliphatic hydroxyl groups excluding tert-OH is 1. The van der Waals surface area contributed by atoms with E-state index in [2.05, 4.69) is 11.1 Å². The summed E-state index contributed by atoms with van der Waals surface area (Å²) in [6.07, 6.45) is -1.86. The van der Waals surface area contributed by atoms with Gasteiger partial charge in [0.1, 0.15) is 40.0 Å². The molecule has 0 spiro atoms. The van der Waals surface area contributed by atoms with E-state index >= 15 is 0 Å². The monoisotopic (exact) mass is 388 g/mol. The van der Waals surface area contributed by atoms with Gasteiger partial charge in [-0.25, -0.2) is 9.78 Å². The molecule has 4 atom stereocenters. The van der Waals surface area contributed by atoms with Crippen molar-refractivity contribution in [2.45, 2.75) is 31.3 Å². The Kier molecular flexibility index (Phi) is 4.57. The average Bonchev–Trinajstić information content (AvgIpc) is 3.33. The van der Waals surface area contributed by atoms with Gasteiger partial charge in [-0.05, 0) is 25.1 Å². The van der Waals surface area contributed by atoms with E-state index in [-0.39, 0.29) is 24.2 Å². The van der Waals surface area contributed by atoms with Crippen molar-refractivity contribution in [1.29, 1.82) is 5.26 Å². The standard InChI is InChI=1S/C18H16N2O6S/c1-8-16(18(22)23)27-17(20-8)9-2-3-12(10(4-9)5-19)26-13-7-25-14-11(21)6-24-15(13)14/h2-4,11,13-15,21H,6-7H2,1H3,(H,22,23)/t11-,13-,14+,15+/m0/s1. The van der Waals surface area contributed by atoms with E-state index in [0.29, 0.717) is 27.6 Å². The number of aryl methyl sites for hydroxylation is 1. The summed E-state index contributed by atoms with van der Waals surface area (Å²) in [5.41, 5.74) is 1.39. The second kappa shape index (κ2) is 6.90. The minimum Gasteiger partial charge on any atom is -0.484 e. The molecule has 0 bridgehead atoms. The molecule has 3 heterocycles. The Morgan fingerprint density at radius 2 is 2.15 bits per heavy atom. The molecule has 0 aliphatic carbocycles. The van der Waals surface area contributed by atoms with Crippen molar-refractivity contribution >= 4 is 17.3 Å². The van der Waals surface area contributed by atoms with Crippen molar-refractivity contribution in [2.24, 2.45) is 0 Å². The SMILES string of the molecule is Cc1nc(-c2ccc(O[C@H]3CO[C@H]4[C@@H]3OC[C@@H]4O)c(C#N)c2)sc1C(=O)O. The molecule has 1 aromatic carbocycles. The molecule has 0 amide bonds. The Bertz CT molecular complexity index is 936. The predicted octanol–water partition coefficient (Wildman–Crippen LogP) is 1.59. The molecular weight excluding hydrogens is 372 g/mol. The summed E-state index contributed by atoms with van der Waals surface area (Å²) in [6, 6.07) is 7.11. The maximum Gasteiger partial charge on any atom is 0.347 e. The van der Waals surface area contributed by atoms with Crippen LogP contribution in [0.2, 0.25) is 0 Å². The first kappa shape index (κ1) is 17.9. The van der Waals surface area contributed by atoms with E-state index in [4.69, 9.17) is 14.2 Å². The highest BCUT2D eigenvalue weighted by atomic mass is 32.1. The fraction of sp³-hybridized carbons (Fsp3) is 0.389. The molecule has 27 heavy (non-hydrogen) atoms. The first-order valence-corrected chi connectivity index (χ1v) is 9.12. The van der Waals surface area contributed by atoms with Crippen LogP contribution in [0.25, 0.3) is 10.6 Å². The summed E-state index contributed by atoms with van der Waals surface area (Å²) < 4.78 is 17.0. The normalized spacial score (nSPS) is 26.6. The number of thiazole rings is 1. The molecular formula is C18H16N2O6S. The fourth-order valence-electron chi connectivity index (χ4n) is 3.28. The second-order valence-corrected chi connectivity index (χ2v) is 7.38. The smallest absolute Gasteiger partial charge is 0.347 e. The number of fused-ring (bicyclic) bond motifs is 1. The first-order chi connectivity index (χ1) is 13.0. The molecule has 2 fully saturated rings. The van der Waals surface area contributed by atoms with Gasteiger partial charge in [-0.1, -0.05) is 0 Å². The summed E-state index contributed by atoms with van der Waals surface area (Å²) in [5, 5.41) is 29.0. The van der Waals surface area contributed by atoms with Crippen molar-refractivity contribution in [2.75, 3.05) is 13.2 Å². The fourth-order valence-corrected chi connectivity index (χ4v) is 4.18. The lowest BCUT2D eigenvalue weighted by atomic mass is 10.1. The van der Waals surface area contributed by atoms with Crippen LogP contribution in [-0.2, 0) is 9.47 Å². The molecule has 2 aliphatic rings. The molecule has 2 aliphatic heterocycles. The minimum atomic E-state index is -1.02. The maximum atomic E-state index is 11.2. The highest BCUT2D eigenvalue weighted by Gasteiger charge is 2.48. The van der Waals surface area contributed by atoms with Crippen molar-refractivity contribution < 1.29 is 29.2 Å². The van der Waals surface area contributed by atoms with Crippen molar-refractivity contribution in [3.8, 4) is 22.4 Å². The van der Waals surface area contributed by atoms with Gasteiger partial charge in [0.25, 0.3) is 0 Å². The molecule has 4 rings (SSSR count). The Hall–Kier alpha value is -2.51. The average molecular weight is 388 g/mol. The van der Waals surface area contributed by atoms with Gasteiger partial charge in [-0.15, -0.1) is 11.3 Å². The van der Waals surface area contributed by atoms with Gasteiger partial charge >= 0.3 is 5.97 Å². The number of carboxylic acid groups (broad SMARTS) is 1. The number of nitrogens with zero attached hydrogens (tertiary/aromatic N) is 2. The van der Waals surface area contributed by atoms with E-state index in [1.807, 2.05) is 0 Å². The lowest BCUT2D eigenvalue weighted by molar-refractivity contribution is 0.00858. The van der Waals surface area contributed by atoms with Crippen LogP contribution in [0.3, 0.4) is 0 Å². The number of aromatic nitrogens is 1. The van der Waals surface area contributed by atoms with Crippen LogP contribution in [0.1, 0.15) is 20.9 Å². The molecule has 0 unspecified atom stereocenters. The summed E-state index contributed by atoms with van der Waals surface area (Å²) in [5.74, 6) is -0.640. The van der Waals surface area contributed by atoms with Gasteiger partial charge in [-0.3, -0.25) is 0 Å². The number of benzene rings is 1. The molecule has 1 aromatic heterocycles. The highest BCUT2D eigenvalue weighted by molar-refractivity contribution is 7.17. The van der Waals surface area contributed by atoms with Crippen LogP contribution in [0.5, 0.6) is 5.75 Å². The first-order valence-electron chi connectivity index (χ1n) is 8.31. The van der Waals surface area contributed by atoms with Gasteiger partial charge in [-0.2, -0.15) is 5.26 Å². The van der Waals surface area contributed by atoms with Crippen molar-refractivity contribution in [3.63, 3.8) is 0 Å². The summed E-state index contributed by atoms with van der Waals surface area (Å²) >= 11 is 1.06. The maximum absolute atomic E-state index is 11.2. The zero-order valence-electron chi connectivity index (χ0n) is 14.3. The number of hydrogen-bond acceptors (Lipinski definition) is 8. The topological polar surface area (TPSA) is 122 Å². The van der Waals surface area contributed by atoms with Gasteiger partial charge in [0.15, 0.2) is 6.10 Å². The molecule has 0 radical (unpaired) electrons. The largest absolute Gasteiger partial charge is 0.484 e. The molecule has 2 aromatic rings. The van der Waals surface area contributed by atoms with E-state index in [1.165, 1.54) is 0 Å². The molecule has 8 nitrogen and oxygen atoms in total. The Morgan fingerprint density at radius 3 is 2.85 bits per heavy atom. The Labute approximate surface area is 158 Å². The quantitative estimate of drug-likeness (QED) is 0.810. The van der Waals surface area contributed by atoms with Gasteiger partial charge < -0.3 is 24.4 Å². The van der Waals surface area contributed by atoms with Crippen LogP contribution >= 0.6 is 11.3 Å². The zero-order valence-corrected chi connectivity index (χ0v) is 15.1.